The van der Waals surface area contributed by atoms with Crippen LogP contribution in [0.15, 0.2) is 90.0 Å². The van der Waals surface area contributed by atoms with Gasteiger partial charge in [-0.2, -0.15) is 0 Å². The summed E-state index contributed by atoms with van der Waals surface area (Å²) in [5, 5.41) is 9.30. The van der Waals surface area contributed by atoms with Crippen LogP contribution < -0.4 is 4.74 Å². The number of nitro groups is 1. The molecule has 1 aromatic heterocycles. The molecule has 4 aromatic rings. The number of sulfone groups is 1. The second-order valence-corrected chi connectivity index (χ2v) is 10.5. The van der Waals surface area contributed by atoms with Crippen molar-refractivity contribution < 1.29 is 36.4 Å². The number of benzene rings is 3. The number of aromatic nitrogens is 1. The number of halogens is 3. The molecule has 1 heterocycles. The van der Waals surface area contributed by atoms with Gasteiger partial charge < -0.3 is 9.47 Å². The Hall–Kier alpha value is -4.42. The fourth-order valence-corrected chi connectivity index (χ4v) is 5.43. The fraction of sp³-hybridized carbons (Fsp3) is 0.0769. The summed E-state index contributed by atoms with van der Waals surface area (Å²) in [5.41, 5.74) is -0.391. The second-order valence-electron chi connectivity index (χ2n) is 8.03. The van der Waals surface area contributed by atoms with Gasteiger partial charge in [0.1, 0.15) is 29.2 Å². The smallest absolute Gasteiger partial charge is 0.429 e. The van der Waals surface area contributed by atoms with Gasteiger partial charge in [-0.3, -0.25) is 15.1 Å². The molecule has 0 spiro atoms. The van der Waals surface area contributed by atoms with Crippen LogP contribution in [0.3, 0.4) is 0 Å². The number of pyridine rings is 1. The summed E-state index contributed by atoms with van der Waals surface area (Å²) in [4.78, 5) is 26.0. The van der Waals surface area contributed by atoms with Gasteiger partial charge in [0.2, 0.25) is 0 Å². The van der Waals surface area contributed by atoms with E-state index < -0.39 is 43.4 Å². The number of non-ortho nitro benzene ring substituents is 1. The van der Waals surface area contributed by atoms with Crippen LogP contribution in [-0.4, -0.2) is 24.5 Å². The highest BCUT2D eigenvalue weighted by atomic mass is 35.5. The van der Waals surface area contributed by atoms with Crippen LogP contribution in [0, 0.1) is 21.7 Å². The number of rotatable bonds is 8. The maximum absolute atomic E-state index is 14.8. The van der Waals surface area contributed by atoms with E-state index in [2.05, 4.69) is 4.98 Å². The van der Waals surface area contributed by atoms with E-state index in [9.17, 15) is 32.1 Å². The molecule has 4 rings (SSSR count). The normalized spacial score (nSPS) is 12.0. The monoisotopic (exact) mass is 574 g/mol. The molecule has 200 valence electrons. The molecule has 0 radical (unpaired) electrons. The van der Waals surface area contributed by atoms with Crippen molar-refractivity contribution >= 4 is 33.3 Å². The molecule has 9 nitrogen and oxygen atoms in total. The number of nitro benzene ring substituents is 1. The van der Waals surface area contributed by atoms with Gasteiger partial charge >= 0.3 is 6.16 Å². The van der Waals surface area contributed by atoms with Gasteiger partial charge in [0, 0.05) is 34.5 Å². The van der Waals surface area contributed by atoms with E-state index in [0.717, 1.165) is 30.3 Å². The van der Waals surface area contributed by atoms with Crippen molar-refractivity contribution in [3.63, 3.8) is 0 Å². The maximum atomic E-state index is 14.8. The summed E-state index contributed by atoms with van der Waals surface area (Å²) >= 11 is 5.87. The Morgan fingerprint density at radius 3 is 2.31 bits per heavy atom. The Bertz CT molecular complexity index is 1620. The number of nitrogens with zero attached hydrogens (tertiary/aromatic N) is 2. The zero-order valence-electron chi connectivity index (χ0n) is 19.7. The van der Waals surface area contributed by atoms with Crippen LogP contribution in [0.2, 0.25) is 5.02 Å². The Kier molecular flexibility index (Phi) is 8.17. The maximum Gasteiger partial charge on any atom is 0.514 e. The summed E-state index contributed by atoms with van der Waals surface area (Å²) in [6.45, 7) is -0.317. The molecule has 0 aliphatic heterocycles. The topological polar surface area (TPSA) is 126 Å². The third-order valence-electron chi connectivity index (χ3n) is 5.41. The molecule has 0 saturated carbocycles. The SMILES string of the molecule is O=C(OCc1ccc(C(c2cc(F)ccc2F)S(=O)(=O)c2ccc(Cl)cc2)nc1)Oc1ccc([N+](=O)[O-])cc1. The molecule has 0 N–H and O–H groups in total. The summed E-state index contributed by atoms with van der Waals surface area (Å²) in [7, 11) is -4.32. The van der Waals surface area contributed by atoms with Crippen LogP contribution in [0.4, 0.5) is 19.3 Å². The predicted molar refractivity (Wildman–Crippen MR) is 135 cm³/mol. The first kappa shape index (κ1) is 27.6. The highest BCUT2D eigenvalue weighted by molar-refractivity contribution is 7.91. The molecule has 1 unspecified atom stereocenters. The van der Waals surface area contributed by atoms with Crippen LogP contribution in [0.25, 0.3) is 0 Å². The average Bonchev–Trinajstić information content (AvgIpc) is 2.91. The second kappa shape index (κ2) is 11.5. The first-order chi connectivity index (χ1) is 18.5. The predicted octanol–water partition coefficient (Wildman–Crippen LogP) is 6.20. The van der Waals surface area contributed by atoms with E-state index in [1.165, 1.54) is 54.7 Å². The fourth-order valence-electron chi connectivity index (χ4n) is 3.54. The van der Waals surface area contributed by atoms with Gasteiger partial charge in [0.25, 0.3) is 5.69 Å². The minimum absolute atomic E-state index is 0.0199. The molecule has 3 aromatic carbocycles. The Morgan fingerprint density at radius 1 is 1.00 bits per heavy atom. The quantitative estimate of drug-likeness (QED) is 0.105. The summed E-state index contributed by atoms with van der Waals surface area (Å²) in [5.74, 6) is -1.76. The number of hydrogen-bond acceptors (Lipinski definition) is 8. The highest BCUT2D eigenvalue weighted by Gasteiger charge is 2.34. The van der Waals surface area contributed by atoms with Crippen LogP contribution >= 0.6 is 11.6 Å². The molecule has 0 amide bonds. The van der Waals surface area contributed by atoms with E-state index in [4.69, 9.17) is 21.1 Å². The lowest BCUT2D eigenvalue weighted by Crippen LogP contribution is -2.18. The Balaban J connectivity index is 1.55. The van der Waals surface area contributed by atoms with Crippen LogP contribution in [0.5, 0.6) is 5.75 Å². The third kappa shape index (κ3) is 6.54. The lowest BCUT2D eigenvalue weighted by Gasteiger charge is -2.19. The van der Waals surface area contributed by atoms with Crippen molar-refractivity contribution in [2.45, 2.75) is 16.8 Å². The third-order valence-corrected chi connectivity index (χ3v) is 7.71. The van der Waals surface area contributed by atoms with Crippen LogP contribution in [-0.2, 0) is 21.2 Å². The van der Waals surface area contributed by atoms with E-state index in [-0.39, 0.29) is 33.7 Å². The van der Waals surface area contributed by atoms with Gasteiger partial charge in [0.05, 0.1) is 15.5 Å². The average molecular weight is 575 g/mol. The van der Waals surface area contributed by atoms with Gasteiger partial charge in [-0.05, 0) is 60.7 Å². The number of carbonyl (C=O) groups is 1. The molecule has 0 fully saturated rings. The highest BCUT2D eigenvalue weighted by Crippen LogP contribution is 2.36. The van der Waals surface area contributed by atoms with Crippen molar-refractivity contribution in [2.24, 2.45) is 0 Å². The number of ether oxygens (including phenoxy) is 2. The molecular formula is C26H17ClF2N2O7S. The zero-order valence-corrected chi connectivity index (χ0v) is 21.2. The molecule has 0 bridgehead atoms. The van der Waals surface area contributed by atoms with Crippen LogP contribution in [0.1, 0.15) is 22.1 Å². The van der Waals surface area contributed by atoms with Gasteiger partial charge in [-0.25, -0.2) is 22.0 Å². The molecule has 1 atom stereocenters. The van der Waals surface area contributed by atoms with Crippen molar-refractivity contribution in [3.8, 4) is 5.75 Å². The standard InChI is InChI=1S/C26H17ClF2N2O7S/c27-17-2-9-21(10-3-17)39(35,36)25(22-13-18(28)4-11-23(22)29)24-12-1-16(14-30-24)15-37-26(32)38-20-7-5-19(6-8-20)31(33)34/h1-14,25H,15H2. The molecule has 0 aliphatic rings. The minimum atomic E-state index is -4.32. The molecule has 39 heavy (non-hydrogen) atoms. The molecule has 13 heteroatoms. The van der Waals surface area contributed by atoms with Gasteiger partial charge in [-0.1, -0.05) is 17.7 Å². The Labute approximate surface area is 225 Å². The van der Waals surface area contributed by atoms with Crippen molar-refractivity contribution in [2.75, 3.05) is 0 Å². The number of carbonyl (C=O) groups excluding carboxylic acids is 1. The summed E-state index contributed by atoms with van der Waals surface area (Å²) in [6, 6.07) is 15.2. The Morgan fingerprint density at radius 2 is 1.69 bits per heavy atom. The van der Waals surface area contributed by atoms with E-state index in [0.29, 0.717) is 5.56 Å². The summed E-state index contributed by atoms with van der Waals surface area (Å²) < 4.78 is 65.8. The van der Waals surface area contributed by atoms with E-state index >= 15 is 0 Å². The van der Waals surface area contributed by atoms with Gasteiger partial charge in [-0.15, -0.1) is 0 Å². The van der Waals surface area contributed by atoms with Gasteiger partial charge in [0.15, 0.2) is 9.84 Å². The van der Waals surface area contributed by atoms with Crippen molar-refractivity contribution in [1.82, 2.24) is 4.98 Å². The van der Waals surface area contributed by atoms with E-state index in [1.54, 1.807) is 0 Å². The first-order valence-corrected chi connectivity index (χ1v) is 13.0. The van der Waals surface area contributed by atoms with Crippen molar-refractivity contribution in [1.29, 1.82) is 0 Å². The van der Waals surface area contributed by atoms with E-state index in [1.807, 2.05) is 0 Å². The zero-order chi connectivity index (χ0) is 28.2. The lowest BCUT2D eigenvalue weighted by molar-refractivity contribution is -0.384. The molecular weight excluding hydrogens is 558 g/mol. The van der Waals surface area contributed by atoms with Crippen molar-refractivity contribution in [3.05, 3.63) is 129 Å². The summed E-state index contributed by atoms with van der Waals surface area (Å²) in [6.07, 6.45) is 0.119. The number of hydrogen-bond donors (Lipinski definition) is 0. The largest absolute Gasteiger partial charge is 0.514 e. The lowest BCUT2D eigenvalue weighted by atomic mass is 10.1. The molecule has 0 aliphatic carbocycles. The molecule has 0 saturated heterocycles. The first-order valence-electron chi connectivity index (χ1n) is 11.0. The minimum Gasteiger partial charge on any atom is -0.429 e.